The van der Waals surface area contributed by atoms with Crippen LogP contribution in [0.4, 0.5) is 0 Å². The smallest absolute Gasteiger partial charge is 0.0559 e. The Kier molecular flexibility index (Phi) is 2.57. The van der Waals surface area contributed by atoms with E-state index in [4.69, 9.17) is 11.6 Å². The van der Waals surface area contributed by atoms with Gasteiger partial charge in [0.1, 0.15) is 0 Å². The molecule has 3 atom stereocenters. The molecule has 0 radical (unpaired) electrons. The summed E-state index contributed by atoms with van der Waals surface area (Å²) in [7, 11) is 0. The quantitative estimate of drug-likeness (QED) is 0.592. The van der Waals surface area contributed by atoms with Gasteiger partial charge in [-0.1, -0.05) is 32.0 Å². The van der Waals surface area contributed by atoms with Crippen molar-refractivity contribution in [2.45, 2.75) is 44.4 Å². The van der Waals surface area contributed by atoms with Gasteiger partial charge in [-0.15, -0.1) is 11.6 Å². The normalized spacial score (nSPS) is 27.4. The SMILES string of the molecule is CC(Cl)c1cccc2c1C(C)CC2C. The van der Waals surface area contributed by atoms with Gasteiger partial charge >= 0.3 is 0 Å². The van der Waals surface area contributed by atoms with Gasteiger partial charge in [-0.3, -0.25) is 0 Å². The molecule has 1 heteroatoms. The second-order valence-electron chi connectivity index (χ2n) is 4.50. The minimum atomic E-state index is 0.137. The van der Waals surface area contributed by atoms with Gasteiger partial charge in [-0.2, -0.15) is 0 Å². The van der Waals surface area contributed by atoms with Gasteiger partial charge in [0.25, 0.3) is 0 Å². The van der Waals surface area contributed by atoms with Crippen molar-refractivity contribution in [1.29, 1.82) is 0 Å². The van der Waals surface area contributed by atoms with Crippen molar-refractivity contribution in [3.8, 4) is 0 Å². The molecule has 1 aromatic rings. The van der Waals surface area contributed by atoms with Crippen LogP contribution in [0.5, 0.6) is 0 Å². The summed E-state index contributed by atoms with van der Waals surface area (Å²) >= 11 is 6.20. The average molecular weight is 209 g/mol. The molecule has 0 heterocycles. The topological polar surface area (TPSA) is 0 Å². The minimum absolute atomic E-state index is 0.137. The van der Waals surface area contributed by atoms with Crippen molar-refractivity contribution in [2.75, 3.05) is 0 Å². The van der Waals surface area contributed by atoms with Crippen LogP contribution in [0, 0.1) is 0 Å². The summed E-state index contributed by atoms with van der Waals surface area (Å²) in [4.78, 5) is 0. The highest BCUT2D eigenvalue weighted by molar-refractivity contribution is 6.20. The molecule has 0 N–H and O–H groups in total. The summed E-state index contributed by atoms with van der Waals surface area (Å²) in [5.74, 6) is 1.38. The van der Waals surface area contributed by atoms with E-state index in [0.717, 1.165) is 0 Å². The van der Waals surface area contributed by atoms with Crippen molar-refractivity contribution >= 4 is 11.6 Å². The van der Waals surface area contributed by atoms with Crippen LogP contribution in [-0.2, 0) is 0 Å². The Morgan fingerprint density at radius 2 is 2.00 bits per heavy atom. The first kappa shape index (κ1) is 10.0. The summed E-state index contributed by atoms with van der Waals surface area (Å²) in [6.07, 6.45) is 1.27. The Morgan fingerprint density at radius 3 is 2.64 bits per heavy atom. The molecule has 0 spiro atoms. The van der Waals surface area contributed by atoms with Gasteiger partial charge < -0.3 is 0 Å². The Balaban J connectivity index is 2.56. The van der Waals surface area contributed by atoms with Crippen LogP contribution in [-0.4, -0.2) is 0 Å². The maximum Gasteiger partial charge on any atom is 0.0559 e. The van der Waals surface area contributed by atoms with Crippen LogP contribution >= 0.6 is 11.6 Å². The Morgan fingerprint density at radius 1 is 1.29 bits per heavy atom. The van der Waals surface area contributed by atoms with Gasteiger partial charge in [0.2, 0.25) is 0 Å². The highest BCUT2D eigenvalue weighted by Gasteiger charge is 2.27. The number of hydrogen-bond acceptors (Lipinski definition) is 0. The molecule has 3 unspecified atom stereocenters. The maximum atomic E-state index is 6.20. The van der Waals surface area contributed by atoms with E-state index in [-0.39, 0.29) is 5.38 Å². The zero-order valence-electron chi connectivity index (χ0n) is 9.05. The van der Waals surface area contributed by atoms with Crippen molar-refractivity contribution in [3.05, 3.63) is 34.9 Å². The molecule has 76 valence electrons. The highest BCUT2D eigenvalue weighted by Crippen LogP contribution is 2.44. The molecule has 0 saturated heterocycles. The van der Waals surface area contributed by atoms with Gasteiger partial charge in [0.05, 0.1) is 5.38 Å². The molecular formula is C13H17Cl. The summed E-state index contributed by atoms with van der Waals surface area (Å²) < 4.78 is 0. The average Bonchev–Trinajstić information content (AvgIpc) is 2.43. The monoisotopic (exact) mass is 208 g/mol. The van der Waals surface area contributed by atoms with Crippen molar-refractivity contribution < 1.29 is 0 Å². The third-order valence-electron chi connectivity index (χ3n) is 3.33. The van der Waals surface area contributed by atoms with E-state index in [9.17, 15) is 0 Å². The van der Waals surface area contributed by atoms with Crippen LogP contribution in [0.15, 0.2) is 18.2 Å². The fourth-order valence-electron chi connectivity index (χ4n) is 2.72. The summed E-state index contributed by atoms with van der Waals surface area (Å²) in [5, 5.41) is 0.137. The molecular weight excluding hydrogens is 192 g/mol. The van der Waals surface area contributed by atoms with Crippen LogP contribution in [0.3, 0.4) is 0 Å². The van der Waals surface area contributed by atoms with Crippen LogP contribution in [0.25, 0.3) is 0 Å². The van der Waals surface area contributed by atoms with E-state index in [1.807, 2.05) is 0 Å². The molecule has 0 aromatic heterocycles. The first-order valence-corrected chi connectivity index (χ1v) is 5.81. The fourth-order valence-corrected chi connectivity index (χ4v) is 2.91. The van der Waals surface area contributed by atoms with E-state index in [1.165, 1.54) is 23.1 Å². The van der Waals surface area contributed by atoms with Gasteiger partial charge in [-0.25, -0.2) is 0 Å². The number of fused-ring (bicyclic) bond motifs is 1. The Bertz CT molecular complexity index is 341. The van der Waals surface area contributed by atoms with Crippen LogP contribution in [0.2, 0.25) is 0 Å². The van der Waals surface area contributed by atoms with E-state index in [1.54, 1.807) is 0 Å². The predicted molar refractivity (Wildman–Crippen MR) is 62.2 cm³/mol. The Labute approximate surface area is 91.3 Å². The van der Waals surface area contributed by atoms with Gasteiger partial charge in [0, 0.05) is 0 Å². The zero-order valence-corrected chi connectivity index (χ0v) is 9.81. The third kappa shape index (κ3) is 1.46. The first-order chi connectivity index (χ1) is 6.61. The third-order valence-corrected chi connectivity index (χ3v) is 3.57. The van der Waals surface area contributed by atoms with Crippen molar-refractivity contribution in [2.24, 2.45) is 0 Å². The highest BCUT2D eigenvalue weighted by atomic mass is 35.5. The zero-order chi connectivity index (χ0) is 10.3. The maximum absolute atomic E-state index is 6.20. The summed E-state index contributed by atoms with van der Waals surface area (Å²) in [6.45, 7) is 6.68. The molecule has 0 fully saturated rings. The summed E-state index contributed by atoms with van der Waals surface area (Å²) in [5.41, 5.74) is 4.37. The minimum Gasteiger partial charge on any atom is -0.118 e. The lowest BCUT2D eigenvalue weighted by atomic mass is 9.95. The second-order valence-corrected chi connectivity index (χ2v) is 5.16. The molecule has 1 aliphatic carbocycles. The fraction of sp³-hybridized carbons (Fsp3) is 0.538. The van der Waals surface area contributed by atoms with E-state index in [0.29, 0.717) is 11.8 Å². The van der Waals surface area contributed by atoms with E-state index in [2.05, 4.69) is 39.0 Å². The van der Waals surface area contributed by atoms with Crippen molar-refractivity contribution in [3.63, 3.8) is 0 Å². The number of alkyl halides is 1. The Hall–Kier alpha value is -0.490. The lowest BCUT2D eigenvalue weighted by molar-refractivity contribution is 0.659. The summed E-state index contributed by atoms with van der Waals surface area (Å²) in [6, 6.07) is 6.57. The number of benzene rings is 1. The molecule has 1 aromatic carbocycles. The molecule has 0 saturated carbocycles. The standard InChI is InChI=1S/C13H17Cl/c1-8-7-9(2)13-11(8)5-4-6-12(13)10(3)14/h4-6,8-10H,7H2,1-3H3. The predicted octanol–water partition coefficient (Wildman–Crippen LogP) is 4.60. The lowest BCUT2D eigenvalue weighted by Gasteiger charge is -2.13. The lowest BCUT2D eigenvalue weighted by Crippen LogP contribution is -1.96. The second kappa shape index (κ2) is 3.58. The molecule has 0 bridgehead atoms. The molecule has 0 nitrogen and oxygen atoms in total. The number of halogens is 1. The number of rotatable bonds is 1. The largest absolute Gasteiger partial charge is 0.118 e. The molecule has 2 rings (SSSR count). The van der Waals surface area contributed by atoms with Crippen LogP contribution in [0.1, 0.15) is 61.1 Å². The van der Waals surface area contributed by atoms with Gasteiger partial charge in [-0.05, 0) is 41.9 Å². The molecule has 1 aliphatic rings. The first-order valence-electron chi connectivity index (χ1n) is 5.38. The molecule has 0 amide bonds. The number of hydrogen-bond donors (Lipinski definition) is 0. The van der Waals surface area contributed by atoms with E-state index >= 15 is 0 Å². The van der Waals surface area contributed by atoms with Gasteiger partial charge in [0.15, 0.2) is 0 Å². The van der Waals surface area contributed by atoms with Crippen LogP contribution < -0.4 is 0 Å². The molecule has 0 aliphatic heterocycles. The van der Waals surface area contributed by atoms with Crippen molar-refractivity contribution in [1.82, 2.24) is 0 Å². The molecule has 14 heavy (non-hydrogen) atoms. The van der Waals surface area contributed by atoms with E-state index < -0.39 is 0 Å².